The third-order valence-electron chi connectivity index (χ3n) is 7.22. The van der Waals surface area contributed by atoms with Gasteiger partial charge in [0.1, 0.15) is 0 Å². The van der Waals surface area contributed by atoms with Gasteiger partial charge in [-0.05, 0) is 105 Å². The van der Waals surface area contributed by atoms with Crippen molar-refractivity contribution in [3.8, 4) is 11.1 Å². The Morgan fingerprint density at radius 3 is 2.34 bits per heavy atom. The van der Waals surface area contributed by atoms with Crippen molar-refractivity contribution < 1.29 is 9.53 Å². The number of esters is 1. The first-order valence-electron chi connectivity index (χ1n) is 12.0. The van der Waals surface area contributed by atoms with Gasteiger partial charge in [-0.3, -0.25) is 4.79 Å². The number of ether oxygens (including phenoxy) is 1. The predicted octanol–water partition coefficient (Wildman–Crippen LogP) is 8.26. The Balaban J connectivity index is 1.77. The van der Waals surface area contributed by atoms with E-state index >= 15 is 0 Å². The molecule has 2 nitrogen and oxygen atoms in total. The van der Waals surface area contributed by atoms with Gasteiger partial charge in [0, 0.05) is 5.02 Å². The van der Waals surface area contributed by atoms with Crippen LogP contribution in [-0.4, -0.2) is 12.6 Å². The summed E-state index contributed by atoms with van der Waals surface area (Å²) in [7, 11) is 0. The molecule has 0 aliphatic heterocycles. The van der Waals surface area contributed by atoms with Crippen molar-refractivity contribution in [2.45, 2.75) is 72.6 Å². The number of hydrogen-bond acceptors (Lipinski definition) is 2. The molecular formula is C29H37ClO2. The predicted molar refractivity (Wildman–Crippen MR) is 135 cm³/mol. The second kappa shape index (κ2) is 10.7. The maximum absolute atomic E-state index is 13.0. The van der Waals surface area contributed by atoms with Crippen LogP contribution >= 0.6 is 11.6 Å². The molecule has 3 heteroatoms. The number of allylic oxidation sites excluding steroid dienone is 1. The summed E-state index contributed by atoms with van der Waals surface area (Å²) < 4.78 is 5.53. The summed E-state index contributed by atoms with van der Waals surface area (Å²) in [5.74, 6) is 0.706. The molecule has 172 valence electrons. The van der Waals surface area contributed by atoms with Gasteiger partial charge in [-0.15, -0.1) is 0 Å². The third-order valence-corrected chi connectivity index (χ3v) is 7.47. The third kappa shape index (κ3) is 5.64. The lowest BCUT2D eigenvalue weighted by Gasteiger charge is -2.38. The van der Waals surface area contributed by atoms with Crippen molar-refractivity contribution in [1.29, 1.82) is 0 Å². The van der Waals surface area contributed by atoms with Crippen molar-refractivity contribution in [2.24, 2.45) is 11.3 Å². The molecule has 0 radical (unpaired) electrons. The van der Waals surface area contributed by atoms with Crippen molar-refractivity contribution in [2.75, 3.05) is 6.61 Å². The zero-order valence-electron chi connectivity index (χ0n) is 20.1. The summed E-state index contributed by atoms with van der Waals surface area (Å²) in [4.78, 5) is 13.0. The van der Waals surface area contributed by atoms with E-state index in [1.807, 2.05) is 19.1 Å². The molecule has 0 aromatic heterocycles. The molecule has 0 unspecified atom stereocenters. The standard InChI is InChI=1S/C29H37ClO2/c1-6-23-12-14-29(15-13-23,28(31)32-7-2)19-20(3)16-25-17-22(5)27(18-21(25)4)24-8-10-26(30)11-9-24/h8-11,17-18,23H,3,6-7,12-16,19H2,1-2,4-5H3. The van der Waals surface area contributed by atoms with Crippen LogP contribution in [0.4, 0.5) is 0 Å². The Hall–Kier alpha value is -2.06. The average Bonchev–Trinajstić information content (AvgIpc) is 2.77. The molecule has 0 atom stereocenters. The Bertz CT molecular complexity index is 950. The molecule has 0 bridgehead atoms. The quantitative estimate of drug-likeness (QED) is 0.297. The molecule has 32 heavy (non-hydrogen) atoms. The average molecular weight is 453 g/mol. The van der Waals surface area contributed by atoms with E-state index in [0.29, 0.717) is 6.61 Å². The van der Waals surface area contributed by atoms with Crippen molar-refractivity contribution >= 4 is 17.6 Å². The van der Waals surface area contributed by atoms with Gasteiger partial charge in [-0.1, -0.05) is 61.4 Å². The number of hydrogen-bond donors (Lipinski definition) is 0. The summed E-state index contributed by atoms with van der Waals surface area (Å²) in [6, 6.07) is 12.5. The smallest absolute Gasteiger partial charge is 0.312 e. The number of rotatable bonds is 8. The lowest BCUT2D eigenvalue weighted by molar-refractivity contribution is -0.158. The van der Waals surface area contributed by atoms with E-state index in [0.717, 1.165) is 55.0 Å². The van der Waals surface area contributed by atoms with E-state index in [4.69, 9.17) is 16.3 Å². The summed E-state index contributed by atoms with van der Waals surface area (Å²) in [6.07, 6.45) is 6.75. The van der Waals surface area contributed by atoms with Gasteiger partial charge < -0.3 is 4.74 Å². The number of halogens is 1. The second-order valence-corrected chi connectivity index (χ2v) is 9.99. The first kappa shape index (κ1) is 24.6. The fraction of sp³-hybridized carbons (Fsp3) is 0.483. The van der Waals surface area contributed by atoms with Gasteiger partial charge in [0.2, 0.25) is 0 Å². The highest BCUT2D eigenvalue weighted by atomic mass is 35.5. The van der Waals surface area contributed by atoms with E-state index in [9.17, 15) is 4.79 Å². The van der Waals surface area contributed by atoms with Gasteiger partial charge in [0.25, 0.3) is 0 Å². The van der Waals surface area contributed by atoms with Crippen LogP contribution in [0, 0.1) is 25.2 Å². The highest BCUT2D eigenvalue weighted by molar-refractivity contribution is 6.30. The maximum atomic E-state index is 13.0. The van der Waals surface area contributed by atoms with Crippen LogP contribution in [0.25, 0.3) is 11.1 Å². The highest BCUT2D eigenvalue weighted by Gasteiger charge is 2.42. The van der Waals surface area contributed by atoms with E-state index in [2.05, 4.69) is 51.6 Å². The van der Waals surface area contributed by atoms with Gasteiger partial charge >= 0.3 is 5.97 Å². The Kier molecular flexibility index (Phi) is 8.22. The molecule has 1 aliphatic rings. The first-order valence-corrected chi connectivity index (χ1v) is 12.4. The summed E-state index contributed by atoms with van der Waals surface area (Å²) in [6.45, 7) is 13.3. The van der Waals surface area contributed by atoms with Crippen LogP contribution in [0.2, 0.25) is 5.02 Å². The normalized spacial score (nSPS) is 20.7. The molecule has 0 spiro atoms. The minimum Gasteiger partial charge on any atom is -0.466 e. The van der Waals surface area contributed by atoms with Crippen LogP contribution in [0.3, 0.4) is 0 Å². The molecule has 1 saturated carbocycles. The number of carbonyl (C=O) groups excluding carboxylic acids is 1. The molecular weight excluding hydrogens is 416 g/mol. The molecule has 1 aliphatic carbocycles. The fourth-order valence-corrected chi connectivity index (χ4v) is 5.32. The van der Waals surface area contributed by atoms with Crippen LogP contribution in [-0.2, 0) is 16.0 Å². The summed E-state index contributed by atoms with van der Waals surface area (Å²) in [5, 5.41) is 0.750. The molecule has 0 N–H and O–H groups in total. The summed E-state index contributed by atoms with van der Waals surface area (Å²) >= 11 is 6.06. The lowest BCUT2D eigenvalue weighted by atomic mass is 9.66. The second-order valence-electron chi connectivity index (χ2n) is 9.56. The lowest BCUT2D eigenvalue weighted by Crippen LogP contribution is -2.37. The Morgan fingerprint density at radius 1 is 1.09 bits per heavy atom. The van der Waals surface area contributed by atoms with Crippen molar-refractivity contribution in [3.63, 3.8) is 0 Å². The monoisotopic (exact) mass is 452 g/mol. The Labute approximate surface area is 199 Å². The molecule has 0 heterocycles. The molecule has 0 saturated heterocycles. The molecule has 2 aromatic rings. The number of carbonyl (C=O) groups is 1. The fourth-order valence-electron chi connectivity index (χ4n) is 5.19. The van der Waals surface area contributed by atoms with E-state index in [-0.39, 0.29) is 5.97 Å². The topological polar surface area (TPSA) is 26.3 Å². The van der Waals surface area contributed by atoms with Gasteiger partial charge in [-0.2, -0.15) is 0 Å². The molecule has 0 amide bonds. The van der Waals surface area contributed by atoms with Crippen LogP contribution in [0.1, 0.15) is 69.1 Å². The van der Waals surface area contributed by atoms with Crippen molar-refractivity contribution in [1.82, 2.24) is 0 Å². The van der Waals surface area contributed by atoms with Gasteiger partial charge in [0.15, 0.2) is 0 Å². The number of aryl methyl sites for hydroxylation is 2. The van der Waals surface area contributed by atoms with Gasteiger partial charge in [-0.25, -0.2) is 0 Å². The zero-order valence-corrected chi connectivity index (χ0v) is 20.9. The first-order chi connectivity index (χ1) is 15.3. The minimum absolute atomic E-state index is 0.0262. The van der Waals surface area contributed by atoms with Crippen LogP contribution in [0.15, 0.2) is 48.6 Å². The van der Waals surface area contributed by atoms with Crippen LogP contribution < -0.4 is 0 Å². The van der Waals surface area contributed by atoms with Gasteiger partial charge in [0.05, 0.1) is 12.0 Å². The summed E-state index contributed by atoms with van der Waals surface area (Å²) in [5.41, 5.74) is 6.90. The highest BCUT2D eigenvalue weighted by Crippen LogP contribution is 2.45. The molecule has 2 aromatic carbocycles. The maximum Gasteiger partial charge on any atom is 0.312 e. The zero-order chi connectivity index (χ0) is 23.3. The minimum atomic E-state index is -0.398. The SMILES string of the molecule is C=C(Cc1cc(C)c(-c2ccc(Cl)cc2)cc1C)CC1(C(=O)OCC)CCC(CC)CC1. The van der Waals surface area contributed by atoms with Crippen LogP contribution in [0.5, 0.6) is 0 Å². The van der Waals surface area contributed by atoms with E-state index < -0.39 is 5.41 Å². The van der Waals surface area contributed by atoms with E-state index in [1.165, 1.54) is 34.2 Å². The van der Waals surface area contributed by atoms with E-state index in [1.54, 1.807) is 0 Å². The Morgan fingerprint density at radius 2 is 1.75 bits per heavy atom. The molecule has 1 fully saturated rings. The largest absolute Gasteiger partial charge is 0.466 e. The number of benzene rings is 2. The van der Waals surface area contributed by atoms with Crippen molar-refractivity contribution in [3.05, 3.63) is 70.3 Å². The molecule has 3 rings (SSSR count).